The second kappa shape index (κ2) is 7.88. The van der Waals surface area contributed by atoms with Crippen LogP contribution in [0, 0.1) is 6.92 Å². The van der Waals surface area contributed by atoms with Crippen LogP contribution in [0.25, 0.3) is 0 Å². The van der Waals surface area contributed by atoms with Crippen LogP contribution in [0.2, 0.25) is 0 Å². The van der Waals surface area contributed by atoms with E-state index in [1.54, 1.807) is 30.3 Å². The van der Waals surface area contributed by atoms with Gasteiger partial charge in [0.2, 0.25) is 0 Å². The van der Waals surface area contributed by atoms with Gasteiger partial charge in [0, 0.05) is 5.69 Å². The molecule has 0 aliphatic carbocycles. The number of ether oxygens (including phenoxy) is 2. The highest BCUT2D eigenvalue weighted by molar-refractivity contribution is 5.91. The summed E-state index contributed by atoms with van der Waals surface area (Å²) >= 11 is 0. The number of amides is 1. The van der Waals surface area contributed by atoms with Crippen molar-refractivity contribution >= 4 is 11.6 Å². The number of carbonyl (C=O) groups excluding carboxylic acids is 1. The summed E-state index contributed by atoms with van der Waals surface area (Å²) in [5.74, 6) is 1.21. The average Bonchev–Trinajstić information content (AvgIpc) is 2.52. The predicted octanol–water partition coefficient (Wildman–Crippen LogP) is 3.58. The molecular weight excluding hydrogens is 278 g/mol. The Labute approximate surface area is 130 Å². The molecule has 4 nitrogen and oxygen atoms in total. The SMILES string of the molecule is C=CCOc1ccc(NC(=O)COc2cccc(C)c2)cc1. The third-order valence-electron chi connectivity index (χ3n) is 2.87. The summed E-state index contributed by atoms with van der Waals surface area (Å²) in [4.78, 5) is 11.8. The molecule has 4 heteroatoms. The van der Waals surface area contributed by atoms with Gasteiger partial charge in [-0.3, -0.25) is 4.79 Å². The second-order valence-corrected chi connectivity index (χ2v) is 4.78. The Kier molecular flexibility index (Phi) is 5.60. The summed E-state index contributed by atoms with van der Waals surface area (Å²) in [6.45, 7) is 5.99. The normalized spacial score (nSPS) is 9.86. The Morgan fingerprint density at radius 2 is 1.91 bits per heavy atom. The molecule has 0 unspecified atom stereocenters. The van der Waals surface area contributed by atoms with E-state index >= 15 is 0 Å². The van der Waals surface area contributed by atoms with Crippen LogP contribution in [-0.4, -0.2) is 19.1 Å². The van der Waals surface area contributed by atoms with Crippen molar-refractivity contribution in [1.29, 1.82) is 0 Å². The van der Waals surface area contributed by atoms with E-state index in [0.29, 0.717) is 18.0 Å². The van der Waals surface area contributed by atoms with Crippen molar-refractivity contribution in [3.8, 4) is 11.5 Å². The van der Waals surface area contributed by atoms with E-state index in [4.69, 9.17) is 9.47 Å². The molecule has 2 aromatic rings. The second-order valence-electron chi connectivity index (χ2n) is 4.78. The summed E-state index contributed by atoms with van der Waals surface area (Å²) in [5.41, 5.74) is 1.79. The van der Waals surface area contributed by atoms with Crippen LogP contribution in [0.5, 0.6) is 11.5 Å². The molecule has 1 amide bonds. The van der Waals surface area contributed by atoms with Crippen molar-refractivity contribution in [3.63, 3.8) is 0 Å². The molecule has 0 aliphatic heterocycles. The van der Waals surface area contributed by atoms with Crippen LogP contribution in [-0.2, 0) is 4.79 Å². The first-order valence-corrected chi connectivity index (χ1v) is 7.00. The van der Waals surface area contributed by atoms with E-state index in [9.17, 15) is 4.79 Å². The Hall–Kier alpha value is -2.75. The molecule has 0 heterocycles. The lowest BCUT2D eigenvalue weighted by atomic mass is 10.2. The lowest BCUT2D eigenvalue weighted by Crippen LogP contribution is -2.20. The molecule has 1 N–H and O–H groups in total. The highest BCUT2D eigenvalue weighted by atomic mass is 16.5. The molecule has 0 bridgehead atoms. The number of benzene rings is 2. The monoisotopic (exact) mass is 297 g/mol. The molecule has 0 saturated heterocycles. The summed E-state index contributed by atoms with van der Waals surface area (Å²) in [5, 5.41) is 2.77. The number of carbonyl (C=O) groups is 1. The number of rotatable bonds is 7. The van der Waals surface area contributed by atoms with Crippen LogP contribution < -0.4 is 14.8 Å². The molecule has 0 aliphatic rings. The first kappa shape index (κ1) is 15.6. The third-order valence-corrected chi connectivity index (χ3v) is 2.87. The Morgan fingerprint density at radius 1 is 1.14 bits per heavy atom. The van der Waals surface area contributed by atoms with Crippen molar-refractivity contribution in [2.75, 3.05) is 18.5 Å². The van der Waals surface area contributed by atoms with E-state index in [0.717, 1.165) is 11.3 Å². The summed E-state index contributed by atoms with van der Waals surface area (Å²) < 4.78 is 10.8. The van der Waals surface area contributed by atoms with E-state index in [1.807, 2.05) is 31.2 Å². The lowest BCUT2D eigenvalue weighted by Gasteiger charge is -2.09. The van der Waals surface area contributed by atoms with E-state index in [2.05, 4.69) is 11.9 Å². The molecular formula is C18H19NO3. The molecule has 114 valence electrons. The molecule has 0 radical (unpaired) electrons. The van der Waals surface area contributed by atoms with Crippen LogP contribution >= 0.6 is 0 Å². The molecule has 22 heavy (non-hydrogen) atoms. The van der Waals surface area contributed by atoms with Crippen molar-refractivity contribution < 1.29 is 14.3 Å². The molecule has 0 atom stereocenters. The maximum Gasteiger partial charge on any atom is 0.262 e. The number of hydrogen-bond acceptors (Lipinski definition) is 3. The first-order valence-electron chi connectivity index (χ1n) is 7.00. The van der Waals surface area contributed by atoms with Crippen LogP contribution in [0.4, 0.5) is 5.69 Å². The highest BCUT2D eigenvalue weighted by Crippen LogP contribution is 2.16. The Balaban J connectivity index is 1.82. The highest BCUT2D eigenvalue weighted by Gasteiger charge is 2.04. The minimum absolute atomic E-state index is 0.0296. The number of nitrogens with one attached hydrogen (secondary N) is 1. The minimum atomic E-state index is -0.207. The molecule has 2 aromatic carbocycles. The van der Waals surface area contributed by atoms with Gasteiger partial charge in [0.1, 0.15) is 18.1 Å². The molecule has 0 aromatic heterocycles. The predicted molar refractivity (Wildman–Crippen MR) is 87.4 cm³/mol. The smallest absolute Gasteiger partial charge is 0.262 e. The zero-order valence-corrected chi connectivity index (χ0v) is 12.5. The van der Waals surface area contributed by atoms with Crippen molar-refractivity contribution in [3.05, 3.63) is 66.7 Å². The van der Waals surface area contributed by atoms with Gasteiger partial charge in [0.25, 0.3) is 5.91 Å². The average molecular weight is 297 g/mol. The van der Waals surface area contributed by atoms with Crippen molar-refractivity contribution in [1.82, 2.24) is 0 Å². The summed E-state index contributed by atoms with van der Waals surface area (Å²) in [6, 6.07) is 14.7. The van der Waals surface area contributed by atoms with Crippen LogP contribution in [0.15, 0.2) is 61.2 Å². The van der Waals surface area contributed by atoms with Gasteiger partial charge in [0.05, 0.1) is 0 Å². The molecule has 2 rings (SSSR count). The van der Waals surface area contributed by atoms with Gasteiger partial charge in [-0.25, -0.2) is 0 Å². The van der Waals surface area contributed by atoms with Crippen molar-refractivity contribution in [2.45, 2.75) is 6.92 Å². The Morgan fingerprint density at radius 3 is 2.59 bits per heavy atom. The largest absolute Gasteiger partial charge is 0.490 e. The lowest BCUT2D eigenvalue weighted by molar-refractivity contribution is -0.118. The fraction of sp³-hybridized carbons (Fsp3) is 0.167. The van der Waals surface area contributed by atoms with E-state index in [-0.39, 0.29) is 12.5 Å². The van der Waals surface area contributed by atoms with Crippen molar-refractivity contribution in [2.24, 2.45) is 0 Å². The van der Waals surface area contributed by atoms with Gasteiger partial charge in [-0.1, -0.05) is 24.8 Å². The number of anilines is 1. The summed E-state index contributed by atoms with van der Waals surface area (Å²) in [7, 11) is 0. The van der Waals surface area contributed by atoms with E-state index < -0.39 is 0 Å². The third kappa shape index (κ3) is 4.98. The first-order chi connectivity index (χ1) is 10.7. The van der Waals surface area contributed by atoms with Gasteiger partial charge >= 0.3 is 0 Å². The van der Waals surface area contributed by atoms with Gasteiger partial charge in [-0.15, -0.1) is 0 Å². The minimum Gasteiger partial charge on any atom is -0.490 e. The van der Waals surface area contributed by atoms with Gasteiger partial charge in [-0.05, 0) is 48.9 Å². The topological polar surface area (TPSA) is 47.6 Å². The molecule has 0 saturated carbocycles. The molecule has 0 spiro atoms. The number of aryl methyl sites for hydroxylation is 1. The zero-order valence-electron chi connectivity index (χ0n) is 12.5. The van der Waals surface area contributed by atoms with Crippen LogP contribution in [0.3, 0.4) is 0 Å². The fourth-order valence-electron chi connectivity index (χ4n) is 1.84. The standard InChI is InChI=1S/C18H19NO3/c1-3-11-21-16-9-7-15(8-10-16)19-18(20)13-22-17-6-4-5-14(2)12-17/h3-10,12H,1,11,13H2,2H3,(H,19,20). The van der Waals surface area contributed by atoms with E-state index in [1.165, 1.54) is 0 Å². The summed E-state index contributed by atoms with van der Waals surface area (Å²) in [6.07, 6.45) is 1.68. The fourth-order valence-corrected chi connectivity index (χ4v) is 1.84. The number of hydrogen-bond donors (Lipinski definition) is 1. The maximum atomic E-state index is 11.8. The van der Waals surface area contributed by atoms with Crippen LogP contribution in [0.1, 0.15) is 5.56 Å². The Bertz CT molecular complexity index is 635. The maximum absolute atomic E-state index is 11.8. The van der Waals surface area contributed by atoms with Gasteiger partial charge in [0.15, 0.2) is 6.61 Å². The van der Waals surface area contributed by atoms with Gasteiger partial charge in [-0.2, -0.15) is 0 Å². The zero-order chi connectivity index (χ0) is 15.8. The quantitative estimate of drug-likeness (QED) is 0.795. The van der Waals surface area contributed by atoms with Gasteiger partial charge < -0.3 is 14.8 Å². The molecule has 0 fully saturated rings.